The van der Waals surface area contributed by atoms with Crippen molar-refractivity contribution < 1.29 is 18.9 Å². The quantitative estimate of drug-likeness (QED) is 0.752. The van der Waals surface area contributed by atoms with Crippen LogP contribution >= 0.6 is 28.3 Å². The Balaban J connectivity index is 0.00000225. The molecule has 7 heteroatoms. The molecule has 2 aromatic rings. The summed E-state index contributed by atoms with van der Waals surface area (Å²) in [6.45, 7) is 2.34. The van der Waals surface area contributed by atoms with Crippen molar-refractivity contribution in [1.82, 2.24) is 5.32 Å². The molecule has 0 amide bonds. The summed E-state index contributed by atoms with van der Waals surface area (Å²) in [7, 11) is 3.55. The molecule has 1 N–H and O–H groups in total. The predicted molar refractivity (Wildman–Crippen MR) is 102 cm³/mol. The Kier molecular flexibility index (Phi) is 7.23. The molecule has 0 fully saturated rings. The summed E-state index contributed by atoms with van der Waals surface area (Å²) < 4.78 is 23.5. The van der Waals surface area contributed by atoms with Gasteiger partial charge in [-0.2, -0.15) is 0 Å². The first kappa shape index (κ1) is 19.7. The molecular formula is C18H21BrClNO4. The highest BCUT2D eigenvalue weighted by Crippen LogP contribution is 2.38. The normalized spacial score (nSPS) is 12.3. The van der Waals surface area contributed by atoms with E-state index in [1.165, 1.54) is 0 Å². The fraction of sp³-hybridized carbons (Fsp3) is 0.333. The van der Waals surface area contributed by atoms with E-state index in [0.717, 1.165) is 33.6 Å². The molecule has 5 nitrogen and oxygen atoms in total. The molecule has 0 aliphatic carbocycles. The van der Waals surface area contributed by atoms with Gasteiger partial charge in [0.25, 0.3) is 0 Å². The standard InChI is InChI=1S/C18H20BrNO4.ClH/c1-20-10-13-7-14(19)18(17(9-13)21-2)24-11-12-3-4-15-16(8-12)23-6-5-22-15;/h3-4,7-9,20H,5-6,10-11H2,1-2H3;1H. The lowest BCUT2D eigenvalue weighted by Crippen LogP contribution is -2.15. The molecule has 3 rings (SSSR count). The maximum Gasteiger partial charge on any atom is 0.175 e. The zero-order valence-corrected chi connectivity index (χ0v) is 16.5. The second-order valence-electron chi connectivity index (χ2n) is 5.41. The fourth-order valence-electron chi connectivity index (χ4n) is 2.55. The van der Waals surface area contributed by atoms with Gasteiger partial charge in [-0.1, -0.05) is 6.07 Å². The van der Waals surface area contributed by atoms with Crippen molar-refractivity contribution in [3.05, 3.63) is 45.9 Å². The summed E-state index contributed by atoms with van der Waals surface area (Å²) in [4.78, 5) is 0. The molecule has 136 valence electrons. The summed E-state index contributed by atoms with van der Waals surface area (Å²) in [6.07, 6.45) is 0. The molecule has 0 saturated heterocycles. The first-order valence-corrected chi connectivity index (χ1v) is 8.53. The van der Waals surface area contributed by atoms with E-state index in [2.05, 4.69) is 21.2 Å². The van der Waals surface area contributed by atoms with Gasteiger partial charge in [0.1, 0.15) is 19.8 Å². The highest BCUT2D eigenvalue weighted by molar-refractivity contribution is 9.10. The third kappa shape index (κ3) is 4.71. The lowest BCUT2D eigenvalue weighted by atomic mass is 10.2. The molecule has 0 aromatic heterocycles. The van der Waals surface area contributed by atoms with Crippen LogP contribution in [0.4, 0.5) is 0 Å². The molecule has 0 bridgehead atoms. The van der Waals surface area contributed by atoms with Crippen LogP contribution < -0.4 is 24.3 Å². The molecule has 1 heterocycles. The maximum absolute atomic E-state index is 5.98. The van der Waals surface area contributed by atoms with Gasteiger partial charge in [-0.25, -0.2) is 0 Å². The van der Waals surface area contributed by atoms with Crippen LogP contribution in [0.1, 0.15) is 11.1 Å². The molecule has 25 heavy (non-hydrogen) atoms. The van der Waals surface area contributed by atoms with E-state index in [4.69, 9.17) is 18.9 Å². The fourth-order valence-corrected chi connectivity index (χ4v) is 3.16. The topological polar surface area (TPSA) is 49.0 Å². The first-order valence-electron chi connectivity index (χ1n) is 7.73. The number of hydrogen-bond donors (Lipinski definition) is 1. The number of hydrogen-bond acceptors (Lipinski definition) is 5. The van der Waals surface area contributed by atoms with E-state index in [-0.39, 0.29) is 12.4 Å². The first-order chi connectivity index (χ1) is 11.7. The number of halogens is 2. The molecule has 0 saturated carbocycles. The van der Waals surface area contributed by atoms with Gasteiger partial charge < -0.3 is 24.3 Å². The number of fused-ring (bicyclic) bond motifs is 1. The Morgan fingerprint density at radius 3 is 2.56 bits per heavy atom. The van der Waals surface area contributed by atoms with Gasteiger partial charge in [0.2, 0.25) is 0 Å². The van der Waals surface area contributed by atoms with Crippen molar-refractivity contribution in [3.8, 4) is 23.0 Å². The van der Waals surface area contributed by atoms with Crippen molar-refractivity contribution in [2.45, 2.75) is 13.2 Å². The van der Waals surface area contributed by atoms with Crippen LogP contribution in [-0.2, 0) is 13.2 Å². The smallest absolute Gasteiger partial charge is 0.175 e. The Morgan fingerprint density at radius 1 is 1.08 bits per heavy atom. The zero-order valence-electron chi connectivity index (χ0n) is 14.1. The molecule has 1 aliphatic rings. The maximum atomic E-state index is 5.98. The van der Waals surface area contributed by atoms with Crippen LogP contribution in [0.15, 0.2) is 34.8 Å². The number of rotatable bonds is 6. The monoisotopic (exact) mass is 429 g/mol. The summed E-state index contributed by atoms with van der Waals surface area (Å²) in [5.41, 5.74) is 2.13. The average Bonchev–Trinajstić information content (AvgIpc) is 2.60. The molecule has 2 aromatic carbocycles. The van der Waals surface area contributed by atoms with Gasteiger partial charge in [-0.3, -0.25) is 0 Å². The van der Waals surface area contributed by atoms with Gasteiger partial charge in [0.05, 0.1) is 11.6 Å². The summed E-state index contributed by atoms with van der Waals surface area (Å²) in [5, 5.41) is 3.13. The van der Waals surface area contributed by atoms with Crippen molar-refractivity contribution in [2.24, 2.45) is 0 Å². The Bertz CT molecular complexity index is 726. The second-order valence-corrected chi connectivity index (χ2v) is 6.26. The van der Waals surface area contributed by atoms with E-state index < -0.39 is 0 Å². The Labute approximate surface area is 162 Å². The minimum absolute atomic E-state index is 0. The Morgan fingerprint density at radius 2 is 1.84 bits per heavy atom. The second kappa shape index (κ2) is 9.17. The van der Waals surface area contributed by atoms with Crippen molar-refractivity contribution >= 4 is 28.3 Å². The van der Waals surface area contributed by atoms with Gasteiger partial charge in [-0.15, -0.1) is 12.4 Å². The van der Waals surface area contributed by atoms with E-state index in [1.807, 2.05) is 37.4 Å². The van der Waals surface area contributed by atoms with Gasteiger partial charge in [-0.05, 0) is 58.4 Å². The van der Waals surface area contributed by atoms with Crippen molar-refractivity contribution in [1.29, 1.82) is 0 Å². The molecule has 0 unspecified atom stereocenters. The molecular weight excluding hydrogens is 410 g/mol. The van der Waals surface area contributed by atoms with Crippen LogP contribution in [0.2, 0.25) is 0 Å². The molecule has 0 radical (unpaired) electrons. The lowest BCUT2D eigenvalue weighted by Gasteiger charge is -2.19. The van der Waals surface area contributed by atoms with Crippen LogP contribution in [-0.4, -0.2) is 27.4 Å². The number of methoxy groups -OCH3 is 1. The minimum atomic E-state index is 0. The average molecular weight is 431 g/mol. The van der Waals surface area contributed by atoms with Gasteiger partial charge in [0.15, 0.2) is 23.0 Å². The molecule has 0 spiro atoms. The Hall–Kier alpha value is -1.63. The zero-order chi connectivity index (χ0) is 16.9. The van der Waals surface area contributed by atoms with Crippen molar-refractivity contribution in [3.63, 3.8) is 0 Å². The van der Waals surface area contributed by atoms with Crippen LogP contribution in [0.3, 0.4) is 0 Å². The van der Waals surface area contributed by atoms with Crippen molar-refractivity contribution in [2.75, 3.05) is 27.4 Å². The highest BCUT2D eigenvalue weighted by Gasteiger charge is 2.14. The third-order valence-electron chi connectivity index (χ3n) is 3.66. The summed E-state index contributed by atoms with van der Waals surface area (Å²) in [6, 6.07) is 9.83. The lowest BCUT2D eigenvalue weighted by molar-refractivity contribution is 0.171. The summed E-state index contributed by atoms with van der Waals surface area (Å²) in [5.74, 6) is 2.93. The van der Waals surface area contributed by atoms with Gasteiger partial charge >= 0.3 is 0 Å². The van der Waals surface area contributed by atoms with Crippen LogP contribution in [0.5, 0.6) is 23.0 Å². The molecule has 0 atom stereocenters. The van der Waals surface area contributed by atoms with Crippen LogP contribution in [0, 0.1) is 0 Å². The third-order valence-corrected chi connectivity index (χ3v) is 4.25. The van der Waals surface area contributed by atoms with E-state index in [0.29, 0.717) is 31.3 Å². The minimum Gasteiger partial charge on any atom is -0.493 e. The highest BCUT2D eigenvalue weighted by atomic mass is 79.9. The van der Waals surface area contributed by atoms with E-state index in [9.17, 15) is 0 Å². The predicted octanol–water partition coefficient (Wildman–Crippen LogP) is 3.95. The SMILES string of the molecule is CNCc1cc(Br)c(OCc2ccc3c(c2)OCCO3)c(OC)c1.Cl. The van der Waals surface area contributed by atoms with E-state index >= 15 is 0 Å². The van der Waals surface area contributed by atoms with Crippen LogP contribution in [0.25, 0.3) is 0 Å². The largest absolute Gasteiger partial charge is 0.493 e. The van der Waals surface area contributed by atoms with E-state index in [1.54, 1.807) is 7.11 Å². The molecule has 1 aliphatic heterocycles. The number of ether oxygens (including phenoxy) is 4. The summed E-state index contributed by atoms with van der Waals surface area (Å²) >= 11 is 3.56. The van der Waals surface area contributed by atoms with Gasteiger partial charge in [0, 0.05) is 6.54 Å². The number of benzene rings is 2. The number of nitrogens with one attached hydrogen (secondary N) is 1.